The minimum Gasteiger partial charge on any atom is -0.383 e. The molecular weight excluding hydrogens is 240 g/mol. The molecule has 106 valence electrons. The fourth-order valence-electron chi connectivity index (χ4n) is 1.80. The molecule has 0 bridgehead atoms. The number of benzene rings is 1. The van der Waals surface area contributed by atoms with Crippen LogP contribution in [0.5, 0.6) is 0 Å². The second-order valence-corrected chi connectivity index (χ2v) is 5.60. The van der Waals surface area contributed by atoms with Gasteiger partial charge in [-0.15, -0.1) is 0 Å². The fraction of sp³-hybridized carbons (Fsp3) is 0.533. The van der Waals surface area contributed by atoms with Crippen molar-refractivity contribution in [2.75, 3.05) is 20.3 Å². The van der Waals surface area contributed by atoms with Crippen molar-refractivity contribution in [2.24, 2.45) is 0 Å². The number of rotatable bonds is 6. The molecule has 19 heavy (non-hydrogen) atoms. The summed E-state index contributed by atoms with van der Waals surface area (Å²) in [6.07, 6.45) is 0. The number of hydrogen-bond donors (Lipinski definition) is 2. The lowest BCUT2D eigenvalue weighted by atomic mass is 10.1. The Balaban J connectivity index is 2.54. The summed E-state index contributed by atoms with van der Waals surface area (Å²) in [7, 11) is 1.66. The van der Waals surface area contributed by atoms with E-state index in [1.54, 1.807) is 7.11 Å². The van der Waals surface area contributed by atoms with Gasteiger partial charge in [-0.25, -0.2) is 0 Å². The number of hydrogen-bond acceptors (Lipinski definition) is 3. The minimum absolute atomic E-state index is 0.00969. The van der Waals surface area contributed by atoms with Crippen molar-refractivity contribution in [3.05, 3.63) is 35.9 Å². The van der Waals surface area contributed by atoms with Gasteiger partial charge >= 0.3 is 0 Å². The van der Waals surface area contributed by atoms with Crippen molar-refractivity contribution in [1.82, 2.24) is 10.6 Å². The van der Waals surface area contributed by atoms with E-state index in [4.69, 9.17) is 4.74 Å². The molecule has 0 spiro atoms. The van der Waals surface area contributed by atoms with E-state index in [9.17, 15) is 4.79 Å². The van der Waals surface area contributed by atoms with Crippen LogP contribution in [0.4, 0.5) is 0 Å². The van der Waals surface area contributed by atoms with Gasteiger partial charge in [0.15, 0.2) is 0 Å². The highest BCUT2D eigenvalue weighted by atomic mass is 16.5. The van der Waals surface area contributed by atoms with E-state index in [2.05, 4.69) is 10.6 Å². The molecule has 1 aromatic rings. The van der Waals surface area contributed by atoms with Gasteiger partial charge in [-0.05, 0) is 26.3 Å². The van der Waals surface area contributed by atoms with Gasteiger partial charge in [-0.2, -0.15) is 0 Å². The Morgan fingerprint density at radius 3 is 2.42 bits per heavy atom. The monoisotopic (exact) mass is 264 g/mol. The third-order valence-corrected chi connectivity index (χ3v) is 2.56. The first-order valence-electron chi connectivity index (χ1n) is 6.50. The summed E-state index contributed by atoms with van der Waals surface area (Å²) in [5.41, 5.74) is 0.912. The zero-order valence-corrected chi connectivity index (χ0v) is 12.2. The average Bonchev–Trinajstić information content (AvgIpc) is 2.33. The predicted molar refractivity (Wildman–Crippen MR) is 77.0 cm³/mol. The van der Waals surface area contributed by atoms with Crippen LogP contribution in [0, 0.1) is 0 Å². The van der Waals surface area contributed by atoms with E-state index in [1.165, 1.54) is 0 Å². The number of carbonyl (C=O) groups is 1. The van der Waals surface area contributed by atoms with Gasteiger partial charge in [0.25, 0.3) is 0 Å². The van der Waals surface area contributed by atoms with Crippen LogP contribution in [0.15, 0.2) is 30.3 Å². The molecule has 1 aromatic carbocycles. The molecule has 0 aliphatic rings. The highest BCUT2D eigenvalue weighted by Gasteiger charge is 2.16. The van der Waals surface area contributed by atoms with E-state index >= 15 is 0 Å². The molecule has 0 saturated carbocycles. The van der Waals surface area contributed by atoms with Gasteiger partial charge in [0, 0.05) is 12.6 Å². The summed E-state index contributed by atoms with van der Waals surface area (Å²) < 4.78 is 5.20. The number of ether oxygens (including phenoxy) is 1. The molecule has 4 heteroatoms. The number of nitrogens with one attached hydrogen (secondary N) is 2. The molecule has 1 atom stereocenters. The van der Waals surface area contributed by atoms with Crippen LogP contribution < -0.4 is 10.6 Å². The van der Waals surface area contributed by atoms with E-state index in [0.717, 1.165) is 5.56 Å². The lowest BCUT2D eigenvalue weighted by molar-refractivity contribution is -0.121. The third kappa shape index (κ3) is 6.36. The summed E-state index contributed by atoms with van der Waals surface area (Å²) in [6.45, 7) is 6.71. The molecule has 0 fully saturated rings. The first-order valence-corrected chi connectivity index (χ1v) is 6.50. The van der Waals surface area contributed by atoms with E-state index in [-0.39, 0.29) is 24.0 Å². The van der Waals surface area contributed by atoms with Crippen LogP contribution in [0.3, 0.4) is 0 Å². The largest absolute Gasteiger partial charge is 0.383 e. The Labute approximate surface area is 115 Å². The maximum atomic E-state index is 11.8. The molecule has 1 rings (SSSR count). The van der Waals surface area contributed by atoms with Gasteiger partial charge in [0.05, 0.1) is 19.2 Å². The average molecular weight is 264 g/mol. The fourth-order valence-corrected chi connectivity index (χ4v) is 1.80. The Morgan fingerprint density at radius 2 is 1.89 bits per heavy atom. The Kier molecular flexibility index (Phi) is 5.99. The first-order chi connectivity index (χ1) is 8.92. The van der Waals surface area contributed by atoms with Crippen LogP contribution in [0.2, 0.25) is 0 Å². The third-order valence-electron chi connectivity index (χ3n) is 2.56. The van der Waals surface area contributed by atoms with E-state index in [0.29, 0.717) is 6.61 Å². The maximum absolute atomic E-state index is 11.8. The second-order valence-electron chi connectivity index (χ2n) is 5.60. The van der Waals surface area contributed by atoms with Crippen molar-refractivity contribution in [2.45, 2.75) is 32.4 Å². The van der Waals surface area contributed by atoms with Crippen molar-refractivity contribution >= 4 is 5.91 Å². The molecule has 0 heterocycles. The number of methoxy groups -OCH3 is 1. The van der Waals surface area contributed by atoms with Gasteiger partial charge in [0.1, 0.15) is 0 Å². The highest BCUT2D eigenvalue weighted by Crippen LogP contribution is 2.12. The number of amides is 1. The summed E-state index contributed by atoms with van der Waals surface area (Å²) in [6, 6.07) is 10.0. The SMILES string of the molecule is COCC(NCC(=O)NC(C)(C)C)c1ccccc1. The highest BCUT2D eigenvalue weighted by molar-refractivity contribution is 5.78. The van der Waals surface area contributed by atoms with Crippen LogP contribution in [0.25, 0.3) is 0 Å². The molecule has 0 radical (unpaired) electrons. The standard InChI is InChI=1S/C15H24N2O2/c1-15(2,3)17-14(18)10-16-13(11-19-4)12-8-6-5-7-9-12/h5-9,13,16H,10-11H2,1-4H3,(H,17,18). The maximum Gasteiger partial charge on any atom is 0.234 e. The van der Waals surface area contributed by atoms with Gasteiger partial charge in [0.2, 0.25) is 5.91 Å². The molecular formula is C15H24N2O2. The van der Waals surface area contributed by atoms with E-state index < -0.39 is 0 Å². The molecule has 2 N–H and O–H groups in total. The molecule has 1 unspecified atom stereocenters. The Bertz CT molecular complexity index is 385. The Hall–Kier alpha value is -1.39. The van der Waals surface area contributed by atoms with E-state index in [1.807, 2.05) is 51.1 Å². The topological polar surface area (TPSA) is 50.4 Å². The predicted octanol–water partition coefficient (Wildman–Crippen LogP) is 1.88. The van der Waals surface area contributed by atoms with Gasteiger partial charge in [-0.1, -0.05) is 30.3 Å². The molecule has 0 aliphatic heterocycles. The summed E-state index contributed by atoms with van der Waals surface area (Å²) in [5, 5.41) is 6.15. The van der Waals surface area contributed by atoms with Gasteiger partial charge < -0.3 is 10.1 Å². The quantitative estimate of drug-likeness (QED) is 0.825. The number of carbonyl (C=O) groups excluding carboxylic acids is 1. The van der Waals surface area contributed by atoms with Crippen LogP contribution in [-0.4, -0.2) is 31.7 Å². The lowest BCUT2D eigenvalue weighted by Crippen LogP contribution is -2.45. The normalized spacial score (nSPS) is 13.1. The lowest BCUT2D eigenvalue weighted by Gasteiger charge is -2.23. The summed E-state index contributed by atoms with van der Waals surface area (Å²) in [5.74, 6) is -0.00969. The van der Waals surface area contributed by atoms with Crippen LogP contribution >= 0.6 is 0 Å². The molecule has 0 saturated heterocycles. The van der Waals surface area contributed by atoms with Crippen molar-refractivity contribution in [3.63, 3.8) is 0 Å². The molecule has 0 aromatic heterocycles. The molecule has 4 nitrogen and oxygen atoms in total. The van der Waals surface area contributed by atoms with Crippen LogP contribution in [-0.2, 0) is 9.53 Å². The minimum atomic E-state index is -0.206. The summed E-state index contributed by atoms with van der Waals surface area (Å²) >= 11 is 0. The van der Waals surface area contributed by atoms with Crippen molar-refractivity contribution < 1.29 is 9.53 Å². The van der Waals surface area contributed by atoms with Crippen molar-refractivity contribution in [1.29, 1.82) is 0 Å². The zero-order valence-electron chi connectivity index (χ0n) is 12.2. The van der Waals surface area contributed by atoms with Gasteiger partial charge in [-0.3, -0.25) is 10.1 Å². The first kappa shape index (κ1) is 15.7. The molecule has 0 aliphatic carbocycles. The Morgan fingerprint density at radius 1 is 1.26 bits per heavy atom. The summed E-state index contributed by atoms with van der Waals surface area (Å²) in [4.78, 5) is 11.8. The second kappa shape index (κ2) is 7.26. The van der Waals surface area contributed by atoms with Crippen molar-refractivity contribution in [3.8, 4) is 0 Å². The molecule has 1 amide bonds. The van der Waals surface area contributed by atoms with Crippen LogP contribution in [0.1, 0.15) is 32.4 Å². The smallest absolute Gasteiger partial charge is 0.234 e. The zero-order chi connectivity index (χ0) is 14.3.